The minimum Gasteiger partial charge on any atom is -0.484 e. The summed E-state index contributed by atoms with van der Waals surface area (Å²) in [5.41, 5.74) is 2.44. The van der Waals surface area contributed by atoms with Gasteiger partial charge in [0.1, 0.15) is 11.4 Å². The van der Waals surface area contributed by atoms with Gasteiger partial charge in [-0.3, -0.25) is 0 Å². The predicted molar refractivity (Wildman–Crippen MR) is 98.2 cm³/mol. The van der Waals surface area contributed by atoms with Gasteiger partial charge in [-0.05, 0) is 41.7 Å². The second-order valence-corrected chi connectivity index (χ2v) is 7.47. The monoisotopic (exact) mass is 377 g/mol. The zero-order chi connectivity index (χ0) is 20.0. The first-order chi connectivity index (χ1) is 12.4. The second kappa shape index (κ2) is 6.54. The van der Waals surface area contributed by atoms with E-state index in [4.69, 9.17) is 9.15 Å². The highest BCUT2D eigenvalue weighted by molar-refractivity contribution is 6.28. The Hall–Kier alpha value is -2.58. The largest absolute Gasteiger partial charge is 0.484 e. The van der Waals surface area contributed by atoms with E-state index < -0.39 is 12.8 Å². The van der Waals surface area contributed by atoms with Crippen LogP contribution in [0.3, 0.4) is 0 Å². The number of aryl methyl sites for hydroxylation is 1. The number of nitrogens with zero attached hydrogens (tertiary/aromatic N) is 3. The number of hydrogen-bond acceptors (Lipinski definition) is 5. The summed E-state index contributed by atoms with van der Waals surface area (Å²) in [6.07, 6.45) is -4.40. The van der Waals surface area contributed by atoms with Crippen molar-refractivity contribution in [3.8, 4) is 17.3 Å². The summed E-state index contributed by atoms with van der Waals surface area (Å²) in [7, 11) is 1.69. The Labute approximate surface area is 155 Å². The minimum absolute atomic E-state index is 0.163. The first-order valence-corrected chi connectivity index (χ1v) is 8.40. The third kappa shape index (κ3) is 4.23. The number of ether oxygens (including phenoxy) is 1. The SMILES string of the molecule is Bc1nnc(-c2cc(C)c3cc(OCC(F)(F)F)cc(C(C)(C)C)c3n2)o1. The fraction of sp³-hybridized carbons (Fsp3) is 0.389. The Morgan fingerprint density at radius 1 is 1.11 bits per heavy atom. The van der Waals surface area contributed by atoms with Crippen LogP contribution in [-0.2, 0) is 5.41 Å². The fourth-order valence-corrected chi connectivity index (χ4v) is 2.79. The quantitative estimate of drug-likeness (QED) is 0.657. The molecule has 0 saturated heterocycles. The van der Waals surface area contributed by atoms with Crippen LogP contribution in [0.5, 0.6) is 5.75 Å². The lowest BCUT2D eigenvalue weighted by Crippen LogP contribution is -2.20. The van der Waals surface area contributed by atoms with E-state index in [1.807, 2.05) is 27.7 Å². The maximum absolute atomic E-state index is 12.6. The average molecular weight is 377 g/mol. The van der Waals surface area contributed by atoms with E-state index in [9.17, 15) is 13.2 Å². The molecular weight excluding hydrogens is 358 g/mol. The molecule has 0 bridgehead atoms. The molecule has 0 aliphatic heterocycles. The van der Waals surface area contributed by atoms with Crippen LogP contribution in [0.15, 0.2) is 22.6 Å². The van der Waals surface area contributed by atoms with Gasteiger partial charge in [0, 0.05) is 5.39 Å². The molecule has 0 saturated carbocycles. The van der Waals surface area contributed by atoms with Crippen molar-refractivity contribution in [2.24, 2.45) is 0 Å². The van der Waals surface area contributed by atoms with E-state index in [0.29, 0.717) is 22.9 Å². The number of benzene rings is 1. The normalized spacial score (nSPS) is 12.6. The Morgan fingerprint density at radius 3 is 2.37 bits per heavy atom. The van der Waals surface area contributed by atoms with E-state index >= 15 is 0 Å². The van der Waals surface area contributed by atoms with Crippen LogP contribution in [0.4, 0.5) is 13.2 Å². The van der Waals surface area contributed by atoms with Crippen LogP contribution < -0.4 is 10.5 Å². The number of halogens is 3. The fourth-order valence-electron chi connectivity index (χ4n) is 2.79. The summed E-state index contributed by atoms with van der Waals surface area (Å²) in [5, 5.41) is 8.54. The van der Waals surface area contributed by atoms with E-state index in [1.54, 1.807) is 26.0 Å². The summed E-state index contributed by atoms with van der Waals surface area (Å²) in [4.78, 5) is 4.66. The predicted octanol–water partition coefficient (Wildman–Crippen LogP) is 3.09. The zero-order valence-corrected chi connectivity index (χ0v) is 15.7. The molecule has 3 aromatic rings. The van der Waals surface area contributed by atoms with Gasteiger partial charge < -0.3 is 9.15 Å². The van der Waals surface area contributed by atoms with Gasteiger partial charge in [0.2, 0.25) is 7.85 Å². The van der Waals surface area contributed by atoms with E-state index in [-0.39, 0.29) is 11.2 Å². The van der Waals surface area contributed by atoms with Crippen LogP contribution >= 0.6 is 0 Å². The Balaban J connectivity index is 2.19. The zero-order valence-electron chi connectivity index (χ0n) is 15.7. The smallest absolute Gasteiger partial charge is 0.422 e. The van der Waals surface area contributed by atoms with E-state index in [1.165, 1.54) is 0 Å². The molecule has 0 fully saturated rings. The molecule has 2 aromatic heterocycles. The molecule has 0 amide bonds. The number of pyridine rings is 1. The first-order valence-electron chi connectivity index (χ1n) is 8.40. The molecule has 1 aromatic carbocycles. The summed E-state index contributed by atoms with van der Waals surface area (Å²) < 4.78 is 48.1. The van der Waals surface area contributed by atoms with Crippen LogP contribution in [0.1, 0.15) is 31.9 Å². The van der Waals surface area contributed by atoms with Crippen molar-refractivity contribution in [2.75, 3.05) is 6.61 Å². The minimum atomic E-state index is -4.40. The van der Waals surface area contributed by atoms with Crippen molar-refractivity contribution in [3.63, 3.8) is 0 Å². The maximum atomic E-state index is 12.6. The number of rotatable bonds is 3. The molecule has 0 N–H and O–H groups in total. The summed E-state index contributed by atoms with van der Waals surface area (Å²) >= 11 is 0. The van der Waals surface area contributed by atoms with Crippen molar-refractivity contribution >= 4 is 24.5 Å². The summed E-state index contributed by atoms with van der Waals surface area (Å²) in [6, 6.07) is 4.97. The Kier molecular flexibility index (Phi) is 4.65. The molecule has 3 rings (SSSR count). The Bertz CT molecular complexity index is 994. The first kappa shape index (κ1) is 19.2. The van der Waals surface area contributed by atoms with Gasteiger partial charge in [-0.1, -0.05) is 20.8 Å². The number of alkyl halides is 3. The molecule has 0 aliphatic rings. The van der Waals surface area contributed by atoms with Crippen LogP contribution in [-0.4, -0.2) is 35.8 Å². The van der Waals surface area contributed by atoms with Crippen molar-refractivity contribution in [2.45, 2.75) is 39.3 Å². The second-order valence-electron chi connectivity index (χ2n) is 7.47. The van der Waals surface area contributed by atoms with Gasteiger partial charge in [0.15, 0.2) is 12.4 Å². The Morgan fingerprint density at radius 2 is 1.81 bits per heavy atom. The van der Waals surface area contributed by atoms with Gasteiger partial charge in [-0.15, -0.1) is 10.2 Å². The molecule has 2 heterocycles. The molecule has 0 aliphatic carbocycles. The summed E-state index contributed by atoms with van der Waals surface area (Å²) in [6.45, 7) is 6.42. The van der Waals surface area contributed by atoms with Crippen molar-refractivity contribution in [1.29, 1.82) is 0 Å². The topological polar surface area (TPSA) is 61.0 Å². The maximum Gasteiger partial charge on any atom is 0.422 e. The van der Waals surface area contributed by atoms with Crippen molar-refractivity contribution in [3.05, 3.63) is 29.3 Å². The molecular formula is C18H19BF3N3O2. The lowest BCUT2D eigenvalue weighted by molar-refractivity contribution is -0.153. The van der Waals surface area contributed by atoms with Gasteiger partial charge in [-0.2, -0.15) is 13.2 Å². The van der Waals surface area contributed by atoms with E-state index in [2.05, 4.69) is 15.2 Å². The molecule has 0 radical (unpaired) electrons. The number of aromatic nitrogens is 3. The van der Waals surface area contributed by atoms with Crippen molar-refractivity contribution in [1.82, 2.24) is 15.2 Å². The van der Waals surface area contributed by atoms with Gasteiger partial charge in [-0.25, -0.2) is 4.98 Å². The molecule has 142 valence electrons. The van der Waals surface area contributed by atoms with Crippen molar-refractivity contribution < 1.29 is 22.3 Å². The third-order valence-electron chi connectivity index (χ3n) is 4.05. The average Bonchev–Trinajstić information content (AvgIpc) is 2.97. The molecule has 9 heteroatoms. The van der Waals surface area contributed by atoms with Crippen LogP contribution in [0.2, 0.25) is 0 Å². The molecule has 27 heavy (non-hydrogen) atoms. The third-order valence-corrected chi connectivity index (χ3v) is 4.05. The van der Waals surface area contributed by atoms with Crippen LogP contribution in [0.25, 0.3) is 22.5 Å². The highest BCUT2D eigenvalue weighted by Crippen LogP contribution is 2.36. The highest BCUT2D eigenvalue weighted by Gasteiger charge is 2.29. The van der Waals surface area contributed by atoms with Gasteiger partial charge in [0.25, 0.3) is 5.89 Å². The van der Waals surface area contributed by atoms with Crippen LogP contribution in [0, 0.1) is 6.92 Å². The lowest BCUT2D eigenvalue weighted by Gasteiger charge is -2.23. The standard InChI is InChI=1S/C18H19BF3N3O2/c1-9-5-13(15-24-25-16(19)27-15)23-14-11(9)6-10(26-8-18(20,21)22)7-12(14)17(2,3)4/h5-7H,8,19H2,1-4H3. The van der Waals surface area contributed by atoms with E-state index in [0.717, 1.165) is 16.5 Å². The highest BCUT2D eigenvalue weighted by atomic mass is 19.4. The number of hydrogen-bond donors (Lipinski definition) is 0. The molecule has 0 unspecified atom stereocenters. The van der Waals surface area contributed by atoms with Gasteiger partial charge in [0.05, 0.1) is 5.52 Å². The number of fused-ring (bicyclic) bond motifs is 1. The molecule has 5 nitrogen and oxygen atoms in total. The molecule has 0 atom stereocenters. The van der Waals surface area contributed by atoms with Gasteiger partial charge >= 0.3 is 6.18 Å². The summed E-state index contributed by atoms with van der Waals surface area (Å²) in [5.74, 6) is 0.891. The lowest BCUT2D eigenvalue weighted by atomic mass is 9.84. The molecule has 0 spiro atoms.